The Morgan fingerprint density at radius 1 is 1.36 bits per heavy atom. The van der Waals surface area contributed by atoms with E-state index in [4.69, 9.17) is 4.74 Å². The number of rotatable bonds is 6. The van der Waals surface area contributed by atoms with Crippen LogP contribution in [0.25, 0.3) is 0 Å². The first kappa shape index (κ1) is 19.7. The second kappa shape index (κ2) is 8.77. The van der Waals surface area contributed by atoms with Gasteiger partial charge >= 0.3 is 6.03 Å². The van der Waals surface area contributed by atoms with Crippen molar-refractivity contribution in [2.24, 2.45) is 0 Å². The van der Waals surface area contributed by atoms with Crippen LogP contribution in [0.1, 0.15) is 31.2 Å². The molecular formula is C20H27N5O3. The number of carbonyl (C=O) groups is 2. The lowest BCUT2D eigenvalue weighted by molar-refractivity contribution is -0.119. The number of nitrogens with zero attached hydrogens (tertiary/aromatic N) is 2. The minimum Gasteiger partial charge on any atom is -0.497 e. The molecule has 1 aromatic carbocycles. The topological polar surface area (TPSA) is 99.4 Å². The number of hydrogen-bond donors (Lipinski definition) is 3. The van der Waals surface area contributed by atoms with Crippen LogP contribution in [0, 0.1) is 6.92 Å². The number of hydrogen-bond acceptors (Lipinski definition) is 4. The molecule has 3 rings (SSSR count). The molecule has 2 atom stereocenters. The molecule has 0 radical (unpaired) electrons. The highest BCUT2D eigenvalue weighted by molar-refractivity contribution is 5.97. The maximum Gasteiger partial charge on any atom is 0.318 e. The summed E-state index contributed by atoms with van der Waals surface area (Å²) in [4.78, 5) is 27.0. The van der Waals surface area contributed by atoms with Crippen molar-refractivity contribution in [2.75, 3.05) is 19.0 Å². The molecule has 0 aliphatic carbocycles. The van der Waals surface area contributed by atoms with Crippen LogP contribution in [0.5, 0.6) is 5.75 Å². The van der Waals surface area contributed by atoms with E-state index in [0.717, 1.165) is 23.6 Å². The molecule has 8 nitrogen and oxygen atoms in total. The summed E-state index contributed by atoms with van der Waals surface area (Å²) in [6.45, 7) is 4.45. The van der Waals surface area contributed by atoms with Gasteiger partial charge in [0.15, 0.2) is 0 Å². The van der Waals surface area contributed by atoms with Gasteiger partial charge in [-0.05, 0) is 57.0 Å². The third-order valence-electron chi connectivity index (χ3n) is 4.82. The molecule has 150 valence electrons. The van der Waals surface area contributed by atoms with Gasteiger partial charge in [-0.3, -0.25) is 9.89 Å². The summed E-state index contributed by atoms with van der Waals surface area (Å²) in [5.41, 5.74) is 2.57. The van der Waals surface area contributed by atoms with E-state index in [-0.39, 0.29) is 18.0 Å². The highest BCUT2D eigenvalue weighted by atomic mass is 16.5. The van der Waals surface area contributed by atoms with E-state index in [9.17, 15) is 9.59 Å². The highest BCUT2D eigenvalue weighted by Gasteiger charge is 2.34. The van der Waals surface area contributed by atoms with Gasteiger partial charge in [-0.1, -0.05) is 0 Å². The number of ether oxygens (including phenoxy) is 1. The number of anilines is 1. The Labute approximate surface area is 164 Å². The lowest BCUT2D eigenvalue weighted by Gasteiger charge is -2.26. The van der Waals surface area contributed by atoms with Crippen molar-refractivity contribution in [3.05, 3.63) is 41.7 Å². The number of aromatic amines is 1. The molecule has 28 heavy (non-hydrogen) atoms. The molecule has 1 aliphatic rings. The van der Waals surface area contributed by atoms with Crippen molar-refractivity contribution in [1.29, 1.82) is 0 Å². The minimum atomic E-state index is -0.470. The van der Waals surface area contributed by atoms with Gasteiger partial charge in [-0.15, -0.1) is 0 Å². The van der Waals surface area contributed by atoms with E-state index in [0.29, 0.717) is 25.1 Å². The molecule has 1 fully saturated rings. The van der Waals surface area contributed by atoms with Crippen molar-refractivity contribution >= 4 is 17.6 Å². The maximum atomic E-state index is 12.7. The van der Waals surface area contributed by atoms with Crippen molar-refractivity contribution < 1.29 is 14.3 Å². The van der Waals surface area contributed by atoms with Crippen LogP contribution in [0.4, 0.5) is 10.5 Å². The Balaban J connectivity index is 1.56. The van der Waals surface area contributed by atoms with Crippen molar-refractivity contribution in [3.8, 4) is 5.75 Å². The van der Waals surface area contributed by atoms with Gasteiger partial charge in [-0.25, -0.2) is 4.79 Å². The zero-order valence-electron chi connectivity index (χ0n) is 16.5. The summed E-state index contributed by atoms with van der Waals surface area (Å²) in [7, 11) is 1.59. The SMILES string of the molecule is COc1ccc(NC(=O)C2CCCN2C(=O)NC(C)Cc2cc(C)[nH]n2)cc1. The smallest absolute Gasteiger partial charge is 0.318 e. The van der Waals surface area contributed by atoms with Gasteiger partial charge in [-0.2, -0.15) is 5.10 Å². The van der Waals surface area contributed by atoms with Crippen LogP contribution < -0.4 is 15.4 Å². The number of nitrogens with one attached hydrogen (secondary N) is 3. The molecule has 1 saturated heterocycles. The fourth-order valence-corrected chi connectivity index (χ4v) is 3.42. The van der Waals surface area contributed by atoms with Gasteiger partial charge in [0.25, 0.3) is 0 Å². The predicted molar refractivity (Wildman–Crippen MR) is 106 cm³/mol. The molecule has 0 spiro atoms. The lowest BCUT2D eigenvalue weighted by atomic mass is 10.1. The molecule has 1 aliphatic heterocycles. The summed E-state index contributed by atoms with van der Waals surface area (Å²) in [6.07, 6.45) is 2.09. The summed E-state index contributed by atoms with van der Waals surface area (Å²) in [5, 5.41) is 13.0. The number of aromatic nitrogens is 2. The van der Waals surface area contributed by atoms with Crippen LogP contribution in [0.3, 0.4) is 0 Å². The Hall–Kier alpha value is -3.03. The fourth-order valence-electron chi connectivity index (χ4n) is 3.42. The number of H-pyrrole nitrogens is 1. The zero-order valence-corrected chi connectivity index (χ0v) is 16.5. The first-order valence-electron chi connectivity index (χ1n) is 9.49. The summed E-state index contributed by atoms with van der Waals surface area (Å²) >= 11 is 0. The predicted octanol–water partition coefficient (Wildman–Crippen LogP) is 2.47. The van der Waals surface area contributed by atoms with E-state index in [1.165, 1.54) is 0 Å². The van der Waals surface area contributed by atoms with E-state index in [1.54, 1.807) is 36.3 Å². The Morgan fingerprint density at radius 3 is 2.75 bits per heavy atom. The second-order valence-corrected chi connectivity index (χ2v) is 7.17. The molecule has 8 heteroatoms. The molecule has 0 saturated carbocycles. The lowest BCUT2D eigenvalue weighted by Crippen LogP contribution is -2.50. The molecule has 3 amide bonds. The number of amides is 3. The molecule has 2 unspecified atom stereocenters. The van der Waals surface area contributed by atoms with Crippen LogP contribution in [0.15, 0.2) is 30.3 Å². The monoisotopic (exact) mass is 385 g/mol. The van der Waals surface area contributed by atoms with Gasteiger partial charge in [0.2, 0.25) is 5.91 Å². The van der Waals surface area contributed by atoms with E-state index in [2.05, 4.69) is 20.8 Å². The average Bonchev–Trinajstić information content (AvgIpc) is 3.31. The number of urea groups is 1. The third-order valence-corrected chi connectivity index (χ3v) is 4.82. The molecule has 2 aromatic rings. The molecule has 0 bridgehead atoms. The van der Waals surface area contributed by atoms with Gasteiger partial charge in [0.05, 0.1) is 12.8 Å². The van der Waals surface area contributed by atoms with Crippen LogP contribution >= 0.6 is 0 Å². The number of aryl methyl sites for hydroxylation is 1. The van der Waals surface area contributed by atoms with E-state index in [1.807, 2.05) is 19.9 Å². The minimum absolute atomic E-state index is 0.0823. The van der Waals surface area contributed by atoms with Gasteiger partial charge < -0.3 is 20.3 Å². The number of likely N-dealkylation sites (tertiary alicyclic amines) is 1. The van der Waals surface area contributed by atoms with Gasteiger partial charge in [0.1, 0.15) is 11.8 Å². The first-order valence-corrected chi connectivity index (χ1v) is 9.49. The van der Waals surface area contributed by atoms with Crippen LogP contribution in [-0.4, -0.2) is 52.8 Å². The fraction of sp³-hybridized carbons (Fsp3) is 0.450. The number of methoxy groups -OCH3 is 1. The normalized spacial score (nSPS) is 17.2. The largest absolute Gasteiger partial charge is 0.497 e. The number of benzene rings is 1. The van der Waals surface area contributed by atoms with Crippen molar-refractivity contribution in [1.82, 2.24) is 20.4 Å². The van der Waals surface area contributed by atoms with Crippen LogP contribution in [0.2, 0.25) is 0 Å². The second-order valence-electron chi connectivity index (χ2n) is 7.17. The van der Waals surface area contributed by atoms with Crippen molar-refractivity contribution in [2.45, 2.75) is 45.2 Å². The standard InChI is InChI=1S/C20H27N5O3/c1-13(11-16-12-14(2)23-24-16)21-20(27)25-10-4-5-18(25)19(26)22-15-6-8-17(28-3)9-7-15/h6-9,12-13,18H,4-5,10-11H2,1-3H3,(H,21,27)(H,22,26)(H,23,24). The average molecular weight is 385 g/mol. The van der Waals surface area contributed by atoms with Crippen LogP contribution in [-0.2, 0) is 11.2 Å². The zero-order chi connectivity index (χ0) is 20.1. The molecule has 3 N–H and O–H groups in total. The Kier molecular flexibility index (Phi) is 6.18. The molecular weight excluding hydrogens is 358 g/mol. The Morgan fingerprint density at radius 2 is 2.11 bits per heavy atom. The third kappa shape index (κ3) is 4.82. The Bertz CT molecular complexity index is 818. The van der Waals surface area contributed by atoms with E-state index < -0.39 is 6.04 Å². The first-order chi connectivity index (χ1) is 13.5. The van der Waals surface area contributed by atoms with Crippen molar-refractivity contribution in [3.63, 3.8) is 0 Å². The molecule has 2 heterocycles. The quantitative estimate of drug-likeness (QED) is 0.711. The summed E-state index contributed by atoms with van der Waals surface area (Å²) in [6, 6.07) is 8.33. The molecule has 1 aromatic heterocycles. The number of carbonyl (C=O) groups excluding carboxylic acids is 2. The van der Waals surface area contributed by atoms with Gasteiger partial charge in [0, 0.05) is 30.4 Å². The highest BCUT2D eigenvalue weighted by Crippen LogP contribution is 2.21. The summed E-state index contributed by atoms with van der Waals surface area (Å²) < 4.78 is 5.12. The van der Waals surface area contributed by atoms with E-state index >= 15 is 0 Å². The maximum absolute atomic E-state index is 12.7. The summed E-state index contributed by atoms with van der Waals surface area (Å²) in [5.74, 6) is 0.550.